The van der Waals surface area contributed by atoms with Gasteiger partial charge in [-0.15, -0.1) is 11.3 Å². The molecule has 3 rings (SSSR count). The molecule has 2 aromatic heterocycles. The van der Waals surface area contributed by atoms with Crippen LogP contribution in [0.25, 0.3) is 10.4 Å². The third-order valence-electron chi connectivity index (χ3n) is 3.52. The van der Waals surface area contributed by atoms with Gasteiger partial charge < -0.3 is 11.5 Å². The van der Waals surface area contributed by atoms with E-state index in [0.29, 0.717) is 10.6 Å². The lowest BCUT2D eigenvalue weighted by atomic mass is 9.93. The second-order valence-electron chi connectivity index (χ2n) is 4.74. The number of hydrogen-bond acceptors (Lipinski definition) is 4. The van der Waals surface area contributed by atoms with E-state index in [1.54, 1.807) is 0 Å². The van der Waals surface area contributed by atoms with Crippen LogP contribution in [0.3, 0.4) is 0 Å². The van der Waals surface area contributed by atoms with E-state index in [1.807, 2.05) is 6.20 Å². The number of carbonyl (C=O) groups excluding carboxylic acids is 1. The number of aromatic nitrogens is 2. The van der Waals surface area contributed by atoms with E-state index in [0.717, 1.165) is 41.8 Å². The highest BCUT2D eigenvalue weighted by molar-refractivity contribution is 7.20. The maximum absolute atomic E-state index is 11.5. The molecule has 1 aliphatic rings. The number of rotatable bonds is 3. The van der Waals surface area contributed by atoms with Crippen molar-refractivity contribution < 1.29 is 4.79 Å². The molecule has 0 fully saturated rings. The first-order valence-corrected chi connectivity index (χ1v) is 7.21. The van der Waals surface area contributed by atoms with Crippen molar-refractivity contribution in [1.82, 2.24) is 9.78 Å². The third-order valence-corrected chi connectivity index (χ3v) is 4.62. The highest BCUT2D eigenvalue weighted by Gasteiger charge is 2.28. The fourth-order valence-electron chi connectivity index (χ4n) is 2.72. The van der Waals surface area contributed by atoms with Crippen LogP contribution in [-0.2, 0) is 19.4 Å². The zero-order chi connectivity index (χ0) is 13.6. The summed E-state index contributed by atoms with van der Waals surface area (Å²) in [5.41, 5.74) is 15.2. The summed E-state index contributed by atoms with van der Waals surface area (Å²) in [7, 11) is 0. The predicted molar refractivity (Wildman–Crippen MR) is 76.2 cm³/mol. The summed E-state index contributed by atoms with van der Waals surface area (Å²) >= 11 is 1.44. The lowest BCUT2D eigenvalue weighted by molar-refractivity contribution is 0.100. The molecule has 0 bridgehead atoms. The van der Waals surface area contributed by atoms with Crippen LogP contribution < -0.4 is 11.5 Å². The summed E-state index contributed by atoms with van der Waals surface area (Å²) < 4.78 is 2.05. The van der Waals surface area contributed by atoms with Crippen molar-refractivity contribution in [1.29, 1.82) is 0 Å². The molecule has 4 N–H and O–H groups in total. The molecule has 6 heteroatoms. The molecule has 0 radical (unpaired) electrons. The largest absolute Gasteiger partial charge is 0.390 e. The van der Waals surface area contributed by atoms with Crippen molar-refractivity contribution in [2.75, 3.05) is 5.73 Å². The van der Waals surface area contributed by atoms with Gasteiger partial charge in [0.2, 0.25) is 0 Å². The van der Waals surface area contributed by atoms with Crippen LogP contribution in [0.4, 0.5) is 5.00 Å². The standard InChI is InChI=1S/C13H16N4OS/c1-2-5-17-9-4-3-7-10(12(14)18)13(15)19-11(7)8(9)6-16-17/h6H,2-5,15H2,1H3,(H2,14,18). The minimum Gasteiger partial charge on any atom is -0.390 e. The number of aryl methyl sites for hydroxylation is 1. The molecule has 0 aliphatic heterocycles. The van der Waals surface area contributed by atoms with Crippen LogP contribution in [0, 0.1) is 0 Å². The molecule has 0 aromatic carbocycles. The summed E-state index contributed by atoms with van der Waals surface area (Å²) in [5, 5.41) is 4.96. The van der Waals surface area contributed by atoms with Gasteiger partial charge in [-0.3, -0.25) is 9.48 Å². The molecule has 0 saturated heterocycles. The Hall–Kier alpha value is -1.82. The number of hydrogen-bond donors (Lipinski definition) is 2. The number of fused-ring (bicyclic) bond motifs is 3. The lowest BCUT2D eigenvalue weighted by Gasteiger charge is -2.15. The van der Waals surface area contributed by atoms with E-state index in [1.165, 1.54) is 17.0 Å². The molecule has 1 aliphatic carbocycles. The number of primary amides is 1. The number of nitrogen functional groups attached to an aromatic ring is 1. The molecule has 0 spiro atoms. The number of amides is 1. The van der Waals surface area contributed by atoms with Crippen LogP contribution in [0.2, 0.25) is 0 Å². The Labute approximate surface area is 115 Å². The molecule has 1 amide bonds. The number of nitrogens with two attached hydrogens (primary N) is 2. The number of thiophene rings is 1. The van der Waals surface area contributed by atoms with Gasteiger partial charge in [0, 0.05) is 22.7 Å². The molecule has 0 saturated carbocycles. The van der Waals surface area contributed by atoms with E-state index < -0.39 is 5.91 Å². The van der Waals surface area contributed by atoms with Gasteiger partial charge in [0.05, 0.1) is 16.8 Å². The van der Waals surface area contributed by atoms with Crippen LogP contribution in [0.15, 0.2) is 6.20 Å². The van der Waals surface area contributed by atoms with Gasteiger partial charge >= 0.3 is 0 Å². The molecule has 0 atom stereocenters. The Morgan fingerprint density at radius 3 is 3.00 bits per heavy atom. The van der Waals surface area contributed by atoms with E-state index in [2.05, 4.69) is 16.7 Å². The van der Waals surface area contributed by atoms with Gasteiger partial charge in [0.15, 0.2) is 0 Å². The number of carbonyl (C=O) groups is 1. The minimum atomic E-state index is -0.431. The average molecular weight is 276 g/mol. The zero-order valence-electron chi connectivity index (χ0n) is 10.8. The fourth-order valence-corrected chi connectivity index (χ4v) is 3.88. The van der Waals surface area contributed by atoms with Crippen LogP contribution in [-0.4, -0.2) is 15.7 Å². The summed E-state index contributed by atoms with van der Waals surface area (Å²) in [6.45, 7) is 3.06. The zero-order valence-corrected chi connectivity index (χ0v) is 11.6. The number of nitrogens with zero attached hydrogens (tertiary/aromatic N) is 2. The fraction of sp³-hybridized carbons (Fsp3) is 0.385. The van der Waals surface area contributed by atoms with E-state index >= 15 is 0 Å². The summed E-state index contributed by atoms with van der Waals surface area (Å²) in [6.07, 6.45) is 4.63. The van der Waals surface area contributed by atoms with E-state index in [-0.39, 0.29) is 0 Å². The van der Waals surface area contributed by atoms with Crippen molar-refractivity contribution in [3.8, 4) is 10.4 Å². The predicted octanol–water partition coefficient (Wildman–Crippen LogP) is 1.80. The summed E-state index contributed by atoms with van der Waals surface area (Å²) in [6, 6.07) is 0. The van der Waals surface area contributed by atoms with Gasteiger partial charge in [-0.25, -0.2) is 0 Å². The Balaban J connectivity index is 2.15. The van der Waals surface area contributed by atoms with Crippen LogP contribution in [0.1, 0.15) is 35.0 Å². The molecular weight excluding hydrogens is 260 g/mol. The Kier molecular flexibility index (Phi) is 2.82. The highest BCUT2D eigenvalue weighted by Crippen LogP contribution is 2.43. The monoisotopic (exact) mass is 276 g/mol. The van der Waals surface area contributed by atoms with Crippen molar-refractivity contribution in [2.45, 2.75) is 32.7 Å². The van der Waals surface area contributed by atoms with Gasteiger partial charge in [-0.2, -0.15) is 5.10 Å². The Morgan fingerprint density at radius 2 is 2.32 bits per heavy atom. The Morgan fingerprint density at radius 1 is 1.53 bits per heavy atom. The van der Waals surface area contributed by atoms with Crippen molar-refractivity contribution in [3.63, 3.8) is 0 Å². The first-order valence-electron chi connectivity index (χ1n) is 6.39. The van der Waals surface area contributed by atoms with Crippen molar-refractivity contribution in [3.05, 3.63) is 23.0 Å². The molecule has 19 heavy (non-hydrogen) atoms. The minimum absolute atomic E-state index is 0.431. The molecule has 5 nitrogen and oxygen atoms in total. The van der Waals surface area contributed by atoms with Crippen molar-refractivity contribution >= 4 is 22.2 Å². The third kappa shape index (κ3) is 1.74. The smallest absolute Gasteiger partial charge is 0.251 e. The average Bonchev–Trinajstić information content (AvgIpc) is 2.89. The van der Waals surface area contributed by atoms with E-state index in [4.69, 9.17) is 11.5 Å². The first-order chi connectivity index (χ1) is 9.13. The van der Waals surface area contributed by atoms with Gasteiger partial charge in [0.1, 0.15) is 0 Å². The van der Waals surface area contributed by atoms with Crippen LogP contribution in [0.5, 0.6) is 0 Å². The quantitative estimate of drug-likeness (QED) is 0.896. The molecular formula is C13H16N4OS. The normalized spacial score (nSPS) is 13.1. The highest BCUT2D eigenvalue weighted by atomic mass is 32.1. The second kappa shape index (κ2) is 4.38. The molecule has 2 aromatic rings. The molecule has 0 unspecified atom stereocenters. The van der Waals surface area contributed by atoms with Gasteiger partial charge in [0.25, 0.3) is 5.91 Å². The lowest BCUT2D eigenvalue weighted by Crippen LogP contribution is -2.16. The van der Waals surface area contributed by atoms with E-state index in [9.17, 15) is 4.79 Å². The maximum Gasteiger partial charge on any atom is 0.251 e. The Bertz CT molecular complexity index is 656. The maximum atomic E-state index is 11.5. The SMILES string of the molecule is CCCn1ncc2c1CCc1c-2sc(N)c1C(N)=O. The topological polar surface area (TPSA) is 86.9 Å². The summed E-state index contributed by atoms with van der Waals surface area (Å²) in [5.74, 6) is -0.431. The van der Waals surface area contributed by atoms with Crippen LogP contribution >= 0.6 is 11.3 Å². The summed E-state index contributed by atoms with van der Waals surface area (Å²) in [4.78, 5) is 12.6. The van der Waals surface area contributed by atoms with Gasteiger partial charge in [-0.05, 0) is 24.8 Å². The molecule has 100 valence electrons. The van der Waals surface area contributed by atoms with Gasteiger partial charge in [-0.1, -0.05) is 6.92 Å². The molecule has 2 heterocycles. The first kappa shape index (κ1) is 12.2. The number of anilines is 1. The second-order valence-corrected chi connectivity index (χ2v) is 5.79. The van der Waals surface area contributed by atoms with Crippen molar-refractivity contribution in [2.24, 2.45) is 5.73 Å².